The van der Waals surface area contributed by atoms with E-state index >= 15 is 0 Å². The molecule has 12 heavy (non-hydrogen) atoms. The van der Waals surface area contributed by atoms with Crippen LogP contribution in [0, 0.1) is 23.7 Å². The predicted octanol–water partition coefficient (Wildman–Crippen LogP) is 1.75. The molecule has 0 aromatic heterocycles. The molecule has 64 valence electrons. The van der Waals surface area contributed by atoms with Crippen molar-refractivity contribution in [1.29, 1.82) is 0 Å². The van der Waals surface area contributed by atoms with E-state index in [4.69, 9.17) is 0 Å². The Balaban J connectivity index is 2.01. The molecule has 1 saturated carbocycles. The van der Waals surface area contributed by atoms with Crippen LogP contribution >= 0.6 is 0 Å². The van der Waals surface area contributed by atoms with Crippen LogP contribution in [0.3, 0.4) is 0 Å². The smallest absolute Gasteiger partial charge is 0.0787 e. The Bertz CT molecular complexity index is 277. The molecule has 1 nitrogen and oxygen atoms in total. The van der Waals surface area contributed by atoms with Crippen molar-refractivity contribution in [3.05, 3.63) is 23.8 Å². The molecule has 1 heteroatoms. The minimum Gasteiger partial charge on any atom is -0.388 e. The minimum atomic E-state index is -0.144. The zero-order chi connectivity index (χ0) is 8.29. The Hall–Kier alpha value is -0.560. The van der Waals surface area contributed by atoms with E-state index < -0.39 is 0 Å². The van der Waals surface area contributed by atoms with Gasteiger partial charge in [0.25, 0.3) is 0 Å². The number of hydrogen-bond acceptors (Lipinski definition) is 1. The molecule has 3 aliphatic carbocycles. The molecular weight excluding hydrogens is 148 g/mol. The molecule has 2 bridgehead atoms. The molecule has 0 aromatic rings. The molecular formula is C11H14O. The molecule has 0 radical (unpaired) electrons. The van der Waals surface area contributed by atoms with Gasteiger partial charge in [-0.05, 0) is 36.7 Å². The zero-order valence-corrected chi connectivity index (χ0v) is 7.27. The quantitative estimate of drug-likeness (QED) is 0.538. The first-order chi connectivity index (χ1) is 5.77. The molecule has 3 aliphatic rings. The van der Waals surface area contributed by atoms with Gasteiger partial charge in [-0.15, -0.1) is 0 Å². The Morgan fingerprint density at radius 3 is 2.83 bits per heavy atom. The van der Waals surface area contributed by atoms with Crippen LogP contribution < -0.4 is 0 Å². The van der Waals surface area contributed by atoms with Gasteiger partial charge in [0.1, 0.15) is 0 Å². The Labute approximate surface area is 72.8 Å². The first-order valence-electron chi connectivity index (χ1n) is 4.82. The maximum Gasteiger partial charge on any atom is 0.0787 e. The molecule has 1 N–H and O–H groups in total. The van der Waals surface area contributed by atoms with Crippen molar-refractivity contribution in [2.75, 3.05) is 0 Å². The monoisotopic (exact) mass is 162 g/mol. The fourth-order valence-electron chi connectivity index (χ4n) is 3.28. The summed E-state index contributed by atoms with van der Waals surface area (Å²) in [6.45, 7) is 2.06. The fourth-order valence-corrected chi connectivity index (χ4v) is 3.28. The van der Waals surface area contributed by atoms with Gasteiger partial charge in [0.05, 0.1) is 6.10 Å². The van der Waals surface area contributed by atoms with Crippen molar-refractivity contribution in [2.24, 2.45) is 23.7 Å². The zero-order valence-electron chi connectivity index (χ0n) is 7.27. The van der Waals surface area contributed by atoms with Crippen molar-refractivity contribution in [3.8, 4) is 0 Å². The molecule has 0 aliphatic heterocycles. The lowest BCUT2D eigenvalue weighted by Gasteiger charge is -2.23. The van der Waals surface area contributed by atoms with Crippen molar-refractivity contribution in [3.63, 3.8) is 0 Å². The van der Waals surface area contributed by atoms with Crippen molar-refractivity contribution in [1.82, 2.24) is 0 Å². The van der Waals surface area contributed by atoms with Crippen LogP contribution in [-0.2, 0) is 0 Å². The van der Waals surface area contributed by atoms with Crippen LogP contribution in [0.4, 0.5) is 0 Å². The van der Waals surface area contributed by atoms with Crippen LogP contribution in [-0.4, -0.2) is 11.2 Å². The maximum absolute atomic E-state index is 9.89. The molecule has 0 heterocycles. The summed E-state index contributed by atoms with van der Waals surface area (Å²) >= 11 is 0. The van der Waals surface area contributed by atoms with Gasteiger partial charge in [-0.2, -0.15) is 0 Å². The second-order valence-corrected chi connectivity index (χ2v) is 4.46. The van der Waals surface area contributed by atoms with Crippen LogP contribution in [0.1, 0.15) is 13.3 Å². The third kappa shape index (κ3) is 0.639. The SMILES string of the molecule is CC1=C[C@@H]2[C@@H]([C@H]3C=C[C@@H]2C3)[C@H]1O. The summed E-state index contributed by atoms with van der Waals surface area (Å²) in [4.78, 5) is 0. The third-order valence-corrected chi connectivity index (χ3v) is 3.87. The van der Waals surface area contributed by atoms with Gasteiger partial charge in [0.15, 0.2) is 0 Å². The highest BCUT2D eigenvalue weighted by molar-refractivity contribution is 5.29. The summed E-state index contributed by atoms with van der Waals surface area (Å²) in [7, 11) is 0. The summed E-state index contributed by atoms with van der Waals surface area (Å²) in [6, 6.07) is 0. The number of hydrogen-bond donors (Lipinski definition) is 1. The van der Waals surface area contributed by atoms with E-state index in [9.17, 15) is 5.11 Å². The van der Waals surface area contributed by atoms with Gasteiger partial charge in [-0.1, -0.05) is 18.2 Å². The topological polar surface area (TPSA) is 20.2 Å². The molecule has 0 saturated heterocycles. The van der Waals surface area contributed by atoms with E-state index in [0.717, 1.165) is 5.92 Å². The van der Waals surface area contributed by atoms with Crippen molar-refractivity contribution in [2.45, 2.75) is 19.4 Å². The number of allylic oxidation sites excluding steroid dienone is 3. The molecule has 5 atom stereocenters. The number of aliphatic hydroxyl groups excluding tert-OH is 1. The van der Waals surface area contributed by atoms with Gasteiger partial charge in [-0.3, -0.25) is 0 Å². The summed E-state index contributed by atoms with van der Waals surface area (Å²) < 4.78 is 0. The van der Waals surface area contributed by atoms with Gasteiger partial charge in [-0.25, -0.2) is 0 Å². The second kappa shape index (κ2) is 2.02. The predicted molar refractivity (Wildman–Crippen MR) is 47.5 cm³/mol. The van der Waals surface area contributed by atoms with E-state index in [1.807, 2.05) is 0 Å². The molecule has 1 fully saturated rings. The van der Waals surface area contributed by atoms with Crippen LogP contribution in [0.15, 0.2) is 23.8 Å². The number of rotatable bonds is 0. The molecule has 3 rings (SSSR count). The van der Waals surface area contributed by atoms with Crippen LogP contribution in [0.2, 0.25) is 0 Å². The molecule has 0 unspecified atom stereocenters. The lowest BCUT2D eigenvalue weighted by atomic mass is 9.84. The lowest BCUT2D eigenvalue weighted by molar-refractivity contribution is 0.124. The van der Waals surface area contributed by atoms with Gasteiger partial charge in [0.2, 0.25) is 0 Å². The normalized spacial score (nSPS) is 54.5. The lowest BCUT2D eigenvalue weighted by Crippen LogP contribution is -2.25. The standard InChI is InChI=1S/C11H14O/c1-6-4-9-7-2-3-8(5-7)10(9)11(6)12/h2-4,7-12H,5H2,1H3/t7-,8+,9+,10-,11+/m1/s1. The first kappa shape index (κ1) is 6.90. The van der Waals surface area contributed by atoms with E-state index in [1.165, 1.54) is 12.0 Å². The van der Waals surface area contributed by atoms with E-state index in [0.29, 0.717) is 17.8 Å². The third-order valence-electron chi connectivity index (χ3n) is 3.87. The molecule has 0 spiro atoms. The minimum absolute atomic E-state index is 0.144. The van der Waals surface area contributed by atoms with Gasteiger partial charge in [0, 0.05) is 5.92 Å². The summed E-state index contributed by atoms with van der Waals surface area (Å²) in [5, 5.41) is 9.89. The average molecular weight is 162 g/mol. The summed E-state index contributed by atoms with van der Waals surface area (Å²) in [5.41, 5.74) is 1.20. The van der Waals surface area contributed by atoms with Crippen LogP contribution in [0.25, 0.3) is 0 Å². The van der Waals surface area contributed by atoms with E-state index in [1.54, 1.807) is 0 Å². The Kier molecular flexibility index (Phi) is 1.16. The Morgan fingerprint density at radius 1 is 1.33 bits per heavy atom. The Morgan fingerprint density at radius 2 is 2.08 bits per heavy atom. The van der Waals surface area contributed by atoms with E-state index in [-0.39, 0.29) is 6.10 Å². The van der Waals surface area contributed by atoms with Gasteiger partial charge >= 0.3 is 0 Å². The summed E-state index contributed by atoms with van der Waals surface area (Å²) in [6.07, 6.45) is 8.09. The summed E-state index contributed by atoms with van der Waals surface area (Å²) in [5.74, 6) is 2.60. The van der Waals surface area contributed by atoms with Crippen LogP contribution in [0.5, 0.6) is 0 Å². The highest BCUT2D eigenvalue weighted by Crippen LogP contribution is 2.54. The first-order valence-corrected chi connectivity index (χ1v) is 4.82. The van der Waals surface area contributed by atoms with E-state index in [2.05, 4.69) is 25.2 Å². The van der Waals surface area contributed by atoms with Crippen molar-refractivity contribution >= 4 is 0 Å². The van der Waals surface area contributed by atoms with Crippen molar-refractivity contribution < 1.29 is 5.11 Å². The molecule has 0 amide bonds. The number of aliphatic hydroxyl groups is 1. The highest BCUT2D eigenvalue weighted by Gasteiger charge is 2.49. The second-order valence-electron chi connectivity index (χ2n) is 4.46. The van der Waals surface area contributed by atoms with Gasteiger partial charge < -0.3 is 5.11 Å². The molecule has 0 aromatic carbocycles. The number of fused-ring (bicyclic) bond motifs is 5. The maximum atomic E-state index is 9.89. The average Bonchev–Trinajstić information content (AvgIpc) is 2.66. The highest BCUT2D eigenvalue weighted by atomic mass is 16.3. The largest absolute Gasteiger partial charge is 0.388 e. The fraction of sp³-hybridized carbons (Fsp3) is 0.636.